The van der Waals surface area contributed by atoms with E-state index in [4.69, 9.17) is 9.47 Å². The summed E-state index contributed by atoms with van der Waals surface area (Å²) in [6.07, 6.45) is 0. The van der Waals surface area contributed by atoms with Gasteiger partial charge in [-0.25, -0.2) is 0 Å². The molecule has 3 aromatic rings. The first-order valence-electron chi connectivity index (χ1n) is 10.2. The highest BCUT2D eigenvalue weighted by atomic mass is 32.1. The molecule has 1 atom stereocenters. The van der Waals surface area contributed by atoms with Crippen molar-refractivity contribution in [2.24, 2.45) is 0 Å². The number of carbonyl (C=O) groups is 2. The summed E-state index contributed by atoms with van der Waals surface area (Å²) >= 11 is 1.44. The van der Waals surface area contributed by atoms with Crippen LogP contribution in [0, 0.1) is 6.92 Å². The lowest BCUT2D eigenvalue weighted by Crippen LogP contribution is -2.29. The number of ether oxygens (including phenoxy) is 2. The normalized spacial score (nSPS) is 17.6. The van der Waals surface area contributed by atoms with E-state index >= 15 is 0 Å². The molecule has 4 rings (SSSR count). The van der Waals surface area contributed by atoms with E-state index in [1.807, 2.05) is 25.3 Å². The van der Waals surface area contributed by atoms with Gasteiger partial charge in [0.05, 0.1) is 19.3 Å². The van der Waals surface area contributed by atoms with E-state index < -0.39 is 17.7 Å². The van der Waals surface area contributed by atoms with Gasteiger partial charge in [-0.2, -0.15) is 0 Å². The fraction of sp³-hybridized carbons (Fsp3) is 0.200. The van der Waals surface area contributed by atoms with Gasteiger partial charge in [0.1, 0.15) is 23.3 Å². The van der Waals surface area contributed by atoms with Crippen LogP contribution in [0.1, 0.15) is 29.0 Å². The van der Waals surface area contributed by atoms with E-state index in [0.29, 0.717) is 29.4 Å². The van der Waals surface area contributed by atoms with Crippen LogP contribution in [-0.4, -0.2) is 30.5 Å². The maximum Gasteiger partial charge on any atom is 0.300 e. The van der Waals surface area contributed by atoms with Crippen molar-refractivity contribution in [3.63, 3.8) is 0 Å². The van der Waals surface area contributed by atoms with Crippen LogP contribution in [0.2, 0.25) is 0 Å². The fourth-order valence-corrected chi connectivity index (χ4v) is 4.85. The molecule has 0 aliphatic carbocycles. The van der Waals surface area contributed by atoms with E-state index in [1.54, 1.807) is 55.6 Å². The fourth-order valence-electron chi connectivity index (χ4n) is 3.83. The zero-order chi connectivity index (χ0) is 22.8. The molecule has 0 saturated carbocycles. The largest absolute Gasteiger partial charge is 0.507 e. The number of anilines is 1. The predicted octanol–water partition coefficient (Wildman–Crippen LogP) is 5.09. The molecule has 2 heterocycles. The minimum absolute atomic E-state index is 0.0528. The average Bonchev–Trinajstić information content (AvgIpc) is 3.34. The Bertz CT molecular complexity index is 1210. The summed E-state index contributed by atoms with van der Waals surface area (Å²) in [5.41, 5.74) is 1.92. The average molecular weight is 450 g/mol. The van der Waals surface area contributed by atoms with Crippen LogP contribution in [0.15, 0.2) is 65.6 Å². The first kappa shape index (κ1) is 21.6. The van der Waals surface area contributed by atoms with Crippen molar-refractivity contribution in [2.45, 2.75) is 19.9 Å². The number of aryl methyl sites for hydroxylation is 1. The number of carbonyl (C=O) groups excluding carboxylic acids is 2. The summed E-state index contributed by atoms with van der Waals surface area (Å²) in [7, 11) is 1.54. The third-order valence-electron chi connectivity index (χ3n) is 5.34. The first-order chi connectivity index (χ1) is 15.5. The van der Waals surface area contributed by atoms with Gasteiger partial charge in [0.15, 0.2) is 0 Å². The molecule has 0 radical (unpaired) electrons. The maximum atomic E-state index is 13.2. The van der Waals surface area contributed by atoms with Crippen molar-refractivity contribution in [2.75, 3.05) is 18.6 Å². The Kier molecular flexibility index (Phi) is 6.01. The summed E-state index contributed by atoms with van der Waals surface area (Å²) in [6, 6.07) is 15.0. The summed E-state index contributed by atoms with van der Waals surface area (Å²) < 4.78 is 10.8. The van der Waals surface area contributed by atoms with Crippen molar-refractivity contribution < 1.29 is 24.2 Å². The molecule has 1 N–H and O–H groups in total. The van der Waals surface area contributed by atoms with Crippen LogP contribution in [0.5, 0.6) is 11.5 Å². The van der Waals surface area contributed by atoms with Gasteiger partial charge in [0.25, 0.3) is 11.7 Å². The molecule has 1 saturated heterocycles. The molecule has 0 spiro atoms. The molecule has 1 unspecified atom stereocenters. The quantitative estimate of drug-likeness (QED) is 0.322. The maximum absolute atomic E-state index is 13.2. The van der Waals surface area contributed by atoms with Gasteiger partial charge in [0.2, 0.25) is 0 Å². The molecule has 1 fully saturated rings. The number of methoxy groups -OCH3 is 1. The third kappa shape index (κ3) is 3.76. The van der Waals surface area contributed by atoms with Gasteiger partial charge in [-0.15, -0.1) is 11.3 Å². The lowest BCUT2D eigenvalue weighted by molar-refractivity contribution is -0.132. The van der Waals surface area contributed by atoms with Crippen LogP contribution in [0.4, 0.5) is 5.69 Å². The second-order valence-corrected chi connectivity index (χ2v) is 8.25. The molecule has 1 amide bonds. The van der Waals surface area contributed by atoms with Crippen molar-refractivity contribution >= 4 is 34.5 Å². The Balaban J connectivity index is 1.92. The number of thiophene rings is 1. The second kappa shape index (κ2) is 8.88. The van der Waals surface area contributed by atoms with Gasteiger partial charge in [-0.05, 0) is 55.1 Å². The van der Waals surface area contributed by atoms with Crippen LogP contribution in [-0.2, 0) is 9.59 Å². The molecule has 164 valence electrons. The number of benzene rings is 2. The number of amides is 1. The van der Waals surface area contributed by atoms with Crippen LogP contribution >= 0.6 is 11.3 Å². The van der Waals surface area contributed by atoms with Crippen LogP contribution < -0.4 is 14.4 Å². The Morgan fingerprint density at radius 1 is 1.09 bits per heavy atom. The molecule has 6 nitrogen and oxygen atoms in total. The van der Waals surface area contributed by atoms with Crippen molar-refractivity contribution in [3.05, 3.63) is 81.6 Å². The van der Waals surface area contributed by atoms with E-state index in [1.165, 1.54) is 16.2 Å². The van der Waals surface area contributed by atoms with Crippen LogP contribution in [0.3, 0.4) is 0 Å². The molecule has 1 aliphatic heterocycles. The van der Waals surface area contributed by atoms with Crippen molar-refractivity contribution in [1.82, 2.24) is 0 Å². The van der Waals surface area contributed by atoms with E-state index in [-0.39, 0.29) is 11.3 Å². The molecule has 32 heavy (non-hydrogen) atoms. The predicted molar refractivity (Wildman–Crippen MR) is 124 cm³/mol. The van der Waals surface area contributed by atoms with Gasteiger partial charge >= 0.3 is 0 Å². The number of rotatable bonds is 6. The number of Topliss-reactive ketones (excluding diaryl/α,β-unsaturated/α-hetero) is 1. The highest BCUT2D eigenvalue weighted by Gasteiger charge is 2.48. The highest BCUT2D eigenvalue weighted by Crippen LogP contribution is 2.45. The summed E-state index contributed by atoms with van der Waals surface area (Å²) in [4.78, 5) is 28.7. The standard InChI is InChI=1S/C25H23NO5S/c1-4-31-19-10-5-7-16(13-19)22(27)20-21(24-15(2)11-12-32-24)26(25(29)23(20)28)17-8-6-9-18(14-17)30-3/h5-14,21,27H,4H2,1-3H3/b22-20-. The molecule has 1 aromatic heterocycles. The lowest BCUT2D eigenvalue weighted by atomic mass is 9.98. The third-order valence-corrected chi connectivity index (χ3v) is 6.42. The van der Waals surface area contributed by atoms with Gasteiger partial charge in [0, 0.05) is 22.2 Å². The molecular weight excluding hydrogens is 426 g/mol. The Labute approximate surface area is 190 Å². The zero-order valence-electron chi connectivity index (χ0n) is 18.0. The van der Waals surface area contributed by atoms with E-state index in [2.05, 4.69) is 0 Å². The molecule has 7 heteroatoms. The summed E-state index contributed by atoms with van der Waals surface area (Å²) in [5.74, 6) is -0.519. The zero-order valence-corrected chi connectivity index (χ0v) is 18.8. The highest BCUT2D eigenvalue weighted by molar-refractivity contribution is 7.10. The monoisotopic (exact) mass is 449 g/mol. The molecule has 0 bridgehead atoms. The lowest BCUT2D eigenvalue weighted by Gasteiger charge is -2.25. The number of aliphatic hydroxyl groups is 1. The Morgan fingerprint density at radius 2 is 1.84 bits per heavy atom. The first-order valence-corrected chi connectivity index (χ1v) is 11.1. The van der Waals surface area contributed by atoms with Crippen molar-refractivity contribution in [3.8, 4) is 11.5 Å². The van der Waals surface area contributed by atoms with Gasteiger partial charge in [-0.1, -0.05) is 18.2 Å². The molecular formula is C25H23NO5S. The summed E-state index contributed by atoms with van der Waals surface area (Å²) in [6.45, 7) is 4.26. The number of aliphatic hydroxyl groups excluding tert-OH is 1. The Hall–Kier alpha value is -3.58. The molecule has 2 aromatic carbocycles. The second-order valence-electron chi connectivity index (χ2n) is 7.30. The minimum atomic E-state index is -0.752. The SMILES string of the molecule is CCOc1cccc(/C(O)=C2/C(=O)C(=O)N(c3cccc(OC)c3)C2c2sccc2C)c1. The van der Waals surface area contributed by atoms with Gasteiger partial charge in [-0.3, -0.25) is 14.5 Å². The van der Waals surface area contributed by atoms with Crippen LogP contribution in [0.25, 0.3) is 5.76 Å². The topological polar surface area (TPSA) is 76.1 Å². The summed E-state index contributed by atoms with van der Waals surface area (Å²) in [5, 5.41) is 13.1. The smallest absolute Gasteiger partial charge is 0.300 e. The number of hydrogen-bond acceptors (Lipinski definition) is 6. The van der Waals surface area contributed by atoms with Crippen molar-refractivity contribution in [1.29, 1.82) is 0 Å². The van der Waals surface area contributed by atoms with Gasteiger partial charge < -0.3 is 14.6 Å². The number of ketones is 1. The van der Waals surface area contributed by atoms with E-state index in [0.717, 1.165) is 10.4 Å². The number of hydrogen-bond donors (Lipinski definition) is 1. The Morgan fingerprint density at radius 3 is 2.53 bits per heavy atom. The number of nitrogens with zero attached hydrogens (tertiary/aromatic N) is 1. The van der Waals surface area contributed by atoms with E-state index in [9.17, 15) is 14.7 Å². The molecule has 1 aliphatic rings. The minimum Gasteiger partial charge on any atom is -0.507 e.